The summed E-state index contributed by atoms with van der Waals surface area (Å²) in [7, 11) is 6.32. The lowest BCUT2D eigenvalue weighted by molar-refractivity contribution is 0.178. The largest absolute Gasteiger partial charge is 0.358 e. The minimum Gasteiger partial charge on any atom is -0.358 e. The van der Waals surface area contributed by atoms with E-state index >= 15 is 0 Å². The number of likely N-dealkylation sites (N-methyl/N-ethyl adjacent to an activating group) is 2. The first-order chi connectivity index (χ1) is 8.88. The van der Waals surface area contributed by atoms with E-state index in [9.17, 15) is 0 Å². The summed E-state index contributed by atoms with van der Waals surface area (Å²) in [6, 6.07) is 8.85. The molecule has 3 heteroatoms. The third kappa shape index (κ3) is 2.40. The highest BCUT2D eigenvalue weighted by Gasteiger charge is 2.33. The summed E-state index contributed by atoms with van der Waals surface area (Å²) in [4.78, 5) is 5.79. The van der Waals surface area contributed by atoms with Crippen LogP contribution in [0.4, 0.5) is 0 Å². The highest BCUT2D eigenvalue weighted by Crippen LogP contribution is 2.36. The second-order valence-electron chi connectivity index (χ2n) is 6.05. The molecule has 1 aromatic carbocycles. The van der Waals surface area contributed by atoms with Crippen molar-refractivity contribution in [2.24, 2.45) is 0 Å². The number of aromatic amines is 1. The number of nitrogens with one attached hydrogen (secondary N) is 2. The number of aromatic nitrogens is 1. The van der Waals surface area contributed by atoms with Gasteiger partial charge in [0.05, 0.1) is 6.04 Å². The fraction of sp³-hybridized carbons (Fsp3) is 0.500. The maximum atomic E-state index is 3.50. The quantitative estimate of drug-likeness (QED) is 0.884. The number of para-hydroxylation sites is 1. The highest BCUT2D eigenvalue weighted by atomic mass is 15.2. The predicted molar refractivity (Wildman–Crippen MR) is 82.6 cm³/mol. The molecule has 0 saturated carbocycles. The number of hydrogen-bond acceptors (Lipinski definition) is 2. The van der Waals surface area contributed by atoms with Gasteiger partial charge in [0.25, 0.3) is 0 Å². The van der Waals surface area contributed by atoms with E-state index in [1.165, 1.54) is 22.2 Å². The molecule has 0 saturated heterocycles. The van der Waals surface area contributed by atoms with Crippen LogP contribution >= 0.6 is 0 Å². The molecular formula is C16H25N3. The summed E-state index contributed by atoms with van der Waals surface area (Å²) in [5.74, 6) is 0. The van der Waals surface area contributed by atoms with E-state index in [-0.39, 0.29) is 5.54 Å². The summed E-state index contributed by atoms with van der Waals surface area (Å²) >= 11 is 0. The third-order valence-corrected chi connectivity index (χ3v) is 4.06. The van der Waals surface area contributed by atoms with Crippen molar-refractivity contribution in [3.63, 3.8) is 0 Å². The Morgan fingerprint density at radius 2 is 1.84 bits per heavy atom. The number of fused-ring (bicyclic) bond motifs is 1. The fourth-order valence-corrected chi connectivity index (χ4v) is 3.05. The first-order valence-corrected chi connectivity index (χ1v) is 6.81. The van der Waals surface area contributed by atoms with Crippen molar-refractivity contribution in [2.45, 2.75) is 32.4 Å². The molecule has 3 nitrogen and oxygen atoms in total. The standard InChI is InChI=1S/C16H25N3/c1-11-14(12-9-7-8-10-13(12)18-11)15(19(5)6)16(2,3)17-4/h7-10,15,17-18H,1-6H3. The van der Waals surface area contributed by atoms with E-state index in [0.717, 1.165) is 0 Å². The average Bonchev–Trinajstić information content (AvgIpc) is 2.66. The predicted octanol–water partition coefficient (Wildman–Crippen LogP) is 3.08. The molecule has 104 valence electrons. The molecular weight excluding hydrogens is 234 g/mol. The molecule has 19 heavy (non-hydrogen) atoms. The van der Waals surface area contributed by atoms with Gasteiger partial charge in [-0.1, -0.05) is 18.2 Å². The molecule has 2 aromatic rings. The van der Waals surface area contributed by atoms with Gasteiger partial charge < -0.3 is 15.2 Å². The van der Waals surface area contributed by atoms with Crippen molar-refractivity contribution in [1.82, 2.24) is 15.2 Å². The molecule has 2 N–H and O–H groups in total. The Hall–Kier alpha value is -1.32. The van der Waals surface area contributed by atoms with Crippen molar-refractivity contribution >= 4 is 10.9 Å². The second-order valence-corrected chi connectivity index (χ2v) is 6.05. The average molecular weight is 259 g/mol. The lowest BCUT2D eigenvalue weighted by Gasteiger charge is -2.39. The number of aryl methyl sites for hydroxylation is 1. The Kier molecular flexibility index (Phi) is 3.70. The summed E-state index contributed by atoms with van der Waals surface area (Å²) in [6.45, 7) is 6.66. The van der Waals surface area contributed by atoms with Crippen molar-refractivity contribution in [3.8, 4) is 0 Å². The maximum Gasteiger partial charge on any atom is 0.0543 e. The lowest BCUT2D eigenvalue weighted by atomic mass is 9.86. The van der Waals surface area contributed by atoms with E-state index in [0.29, 0.717) is 6.04 Å². The van der Waals surface area contributed by atoms with Crippen LogP contribution in [-0.2, 0) is 0 Å². The molecule has 0 bridgehead atoms. The smallest absolute Gasteiger partial charge is 0.0543 e. The molecule has 0 amide bonds. The van der Waals surface area contributed by atoms with Crippen LogP contribution in [0, 0.1) is 6.92 Å². The Morgan fingerprint density at radius 3 is 2.42 bits per heavy atom. The van der Waals surface area contributed by atoms with Gasteiger partial charge in [-0.3, -0.25) is 0 Å². The van der Waals surface area contributed by atoms with Crippen molar-refractivity contribution in [2.75, 3.05) is 21.1 Å². The van der Waals surface area contributed by atoms with Gasteiger partial charge in [-0.25, -0.2) is 0 Å². The zero-order valence-corrected chi connectivity index (χ0v) is 12.8. The van der Waals surface area contributed by atoms with Crippen LogP contribution in [0.25, 0.3) is 10.9 Å². The van der Waals surface area contributed by atoms with Gasteiger partial charge >= 0.3 is 0 Å². The van der Waals surface area contributed by atoms with Crippen LogP contribution in [0.2, 0.25) is 0 Å². The topological polar surface area (TPSA) is 31.1 Å². The molecule has 2 rings (SSSR count). The summed E-state index contributed by atoms with van der Waals surface area (Å²) < 4.78 is 0. The minimum atomic E-state index is -0.000769. The monoisotopic (exact) mass is 259 g/mol. The summed E-state index contributed by atoms with van der Waals surface area (Å²) in [5.41, 5.74) is 3.86. The van der Waals surface area contributed by atoms with Gasteiger partial charge in [0.15, 0.2) is 0 Å². The number of nitrogens with zero attached hydrogens (tertiary/aromatic N) is 1. The van der Waals surface area contributed by atoms with E-state index < -0.39 is 0 Å². The molecule has 1 aromatic heterocycles. The Labute approximate surface area is 116 Å². The van der Waals surface area contributed by atoms with Crippen LogP contribution in [-0.4, -0.2) is 36.6 Å². The molecule has 0 radical (unpaired) electrons. The molecule has 1 unspecified atom stereocenters. The third-order valence-electron chi connectivity index (χ3n) is 4.06. The van der Waals surface area contributed by atoms with Crippen LogP contribution in [0.1, 0.15) is 31.1 Å². The van der Waals surface area contributed by atoms with E-state index in [2.05, 4.69) is 74.3 Å². The normalized spacial score (nSPS) is 14.3. The fourth-order valence-electron chi connectivity index (χ4n) is 3.05. The highest BCUT2D eigenvalue weighted by molar-refractivity contribution is 5.85. The zero-order valence-electron chi connectivity index (χ0n) is 12.8. The van der Waals surface area contributed by atoms with Crippen LogP contribution in [0.15, 0.2) is 24.3 Å². The Morgan fingerprint density at radius 1 is 1.21 bits per heavy atom. The van der Waals surface area contributed by atoms with Crippen LogP contribution in [0.3, 0.4) is 0 Å². The van der Waals surface area contributed by atoms with Gasteiger partial charge in [0, 0.05) is 22.1 Å². The summed E-state index contributed by atoms with van der Waals surface area (Å²) in [6.07, 6.45) is 0. The Bertz CT molecular complexity index is 566. The van der Waals surface area contributed by atoms with E-state index in [1.54, 1.807) is 0 Å². The van der Waals surface area contributed by atoms with Gasteiger partial charge in [-0.15, -0.1) is 0 Å². The number of benzene rings is 1. The zero-order chi connectivity index (χ0) is 14.2. The lowest BCUT2D eigenvalue weighted by Crippen LogP contribution is -2.48. The number of H-pyrrole nitrogens is 1. The molecule has 0 spiro atoms. The van der Waals surface area contributed by atoms with Gasteiger partial charge in [0.1, 0.15) is 0 Å². The van der Waals surface area contributed by atoms with Crippen molar-refractivity contribution < 1.29 is 0 Å². The van der Waals surface area contributed by atoms with E-state index in [1.807, 2.05) is 7.05 Å². The first-order valence-electron chi connectivity index (χ1n) is 6.81. The second kappa shape index (κ2) is 4.99. The number of rotatable bonds is 4. The first kappa shape index (κ1) is 14.1. The minimum absolute atomic E-state index is 0.000769. The van der Waals surface area contributed by atoms with Crippen molar-refractivity contribution in [3.05, 3.63) is 35.5 Å². The molecule has 0 aliphatic rings. The molecule has 0 aliphatic carbocycles. The molecule has 1 heterocycles. The molecule has 0 aliphatic heterocycles. The van der Waals surface area contributed by atoms with Crippen LogP contribution in [0.5, 0.6) is 0 Å². The van der Waals surface area contributed by atoms with Gasteiger partial charge in [-0.2, -0.15) is 0 Å². The summed E-state index contributed by atoms with van der Waals surface area (Å²) in [5, 5.41) is 4.77. The van der Waals surface area contributed by atoms with E-state index in [4.69, 9.17) is 0 Å². The van der Waals surface area contributed by atoms with Gasteiger partial charge in [-0.05, 0) is 53.5 Å². The van der Waals surface area contributed by atoms with Crippen LogP contribution < -0.4 is 5.32 Å². The van der Waals surface area contributed by atoms with Gasteiger partial charge in [0.2, 0.25) is 0 Å². The SMILES string of the molecule is CNC(C)(C)C(c1c(C)[nH]c2ccccc12)N(C)C. The maximum absolute atomic E-state index is 3.50. The Balaban J connectivity index is 2.66. The molecule has 0 fully saturated rings. The van der Waals surface area contributed by atoms with Crippen molar-refractivity contribution in [1.29, 1.82) is 0 Å². The molecule has 1 atom stereocenters. The number of hydrogen-bond donors (Lipinski definition) is 2.